The van der Waals surface area contributed by atoms with Gasteiger partial charge >= 0.3 is 0 Å². The molecule has 2 aromatic rings. The average molecular weight is 263 g/mol. The number of aliphatic hydroxyl groups excluding tert-OH is 1. The monoisotopic (exact) mass is 263 g/mol. The molecule has 0 saturated carbocycles. The Hall–Kier alpha value is -1.72. The lowest BCUT2D eigenvalue weighted by Gasteiger charge is -2.09. The lowest BCUT2D eigenvalue weighted by atomic mass is 10.0. The molecule has 0 bridgehead atoms. The second-order valence-corrected chi connectivity index (χ2v) is 6.01. The maximum absolute atomic E-state index is 11.5. The van der Waals surface area contributed by atoms with Gasteiger partial charge in [0.05, 0.1) is 11.5 Å². The lowest BCUT2D eigenvalue weighted by Crippen LogP contribution is -1.99. The van der Waals surface area contributed by atoms with Gasteiger partial charge in [-0.2, -0.15) is 0 Å². The predicted octanol–water partition coefficient (Wildman–Crippen LogP) is 1.64. The van der Waals surface area contributed by atoms with Crippen molar-refractivity contribution in [1.82, 2.24) is 4.98 Å². The number of sulfone groups is 1. The minimum Gasteiger partial charge on any atom is -0.392 e. The van der Waals surface area contributed by atoms with Gasteiger partial charge in [0.1, 0.15) is 0 Å². The number of hydrogen-bond acceptors (Lipinski definition) is 4. The van der Waals surface area contributed by atoms with Gasteiger partial charge in [0.15, 0.2) is 9.84 Å². The molecule has 1 aromatic heterocycles. The summed E-state index contributed by atoms with van der Waals surface area (Å²) in [5.74, 6) is 0. The van der Waals surface area contributed by atoms with Crippen LogP contribution in [0.3, 0.4) is 0 Å². The van der Waals surface area contributed by atoms with E-state index in [-0.39, 0.29) is 11.5 Å². The van der Waals surface area contributed by atoms with E-state index < -0.39 is 9.84 Å². The summed E-state index contributed by atoms with van der Waals surface area (Å²) in [6.45, 7) is -0.215. The molecule has 4 nitrogen and oxygen atoms in total. The number of hydrogen-bond donors (Lipinski definition) is 1. The van der Waals surface area contributed by atoms with E-state index in [0.29, 0.717) is 5.56 Å². The van der Waals surface area contributed by atoms with Gasteiger partial charge in [-0.1, -0.05) is 12.1 Å². The molecule has 18 heavy (non-hydrogen) atoms. The van der Waals surface area contributed by atoms with Crippen LogP contribution >= 0.6 is 0 Å². The second kappa shape index (κ2) is 4.88. The summed E-state index contributed by atoms with van der Waals surface area (Å²) in [4.78, 5) is 4.22. The molecule has 0 aliphatic rings. The third-order valence-corrected chi connectivity index (χ3v) is 3.76. The minimum absolute atomic E-state index is 0.208. The third-order valence-electron chi connectivity index (χ3n) is 2.65. The molecule has 0 saturated heterocycles. The highest BCUT2D eigenvalue weighted by atomic mass is 32.2. The Bertz CT molecular complexity index is 651. The quantitative estimate of drug-likeness (QED) is 0.914. The van der Waals surface area contributed by atoms with E-state index in [9.17, 15) is 13.5 Å². The molecular weight excluding hydrogens is 250 g/mol. The number of aliphatic hydroxyl groups is 1. The van der Waals surface area contributed by atoms with Crippen LogP contribution in [0.1, 0.15) is 5.56 Å². The van der Waals surface area contributed by atoms with Crippen LogP contribution in [0.5, 0.6) is 0 Å². The van der Waals surface area contributed by atoms with Crippen LogP contribution in [0, 0.1) is 0 Å². The molecule has 1 heterocycles. The largest absolute Gasteiger partial charge is 0.392 e. The first-order valence-corrected chi connectivity index (χ1v) is 7.26. The van der Waals surface area contributed by atoms with Gasteiger partial charge in [-0.3, -0.25) is 4.98 Å². The summed E-state index contributed by atoms with van der Waals surface area (Å²) in [5, 5.41) is 9.35. The molecule has 0 atom stereocenters. The maximum atomic E-state index is 11.5. The Morgan fingerprint density at radius 2 is 2.06 bits per heavy atom. The van der Waals surface area contributed by atoms with Crippen LogP contribution in [0.15, 0.2) is 47.6 Å². The van der Waals surface area contributed by atoms with E-state index in [2.05, 4.69) is 4.98 Å². The van der Waals surface area contributed by atoms with Crippen LogP contribution in [-0.2, 0) is 16.4 Å². The summed E-state index contributed by atoms with van der Waals surface area (Å²) in [5.41, 5.74) is 2.21. The van der Waals surface area contributed by atoms with Crippen LogP contribution in [0.2, 0.25) is 0 Å². The van der Waals surface area contributed by atoms with E-state index in [4.69, 9.17) is 0 Å². The Balaban J connectivity index is 2.58. The molecule has 5 heteroatoms. The van der Waals surface area contributed by atoms with Gasteiger partial charge in [0.25, 0.3) is 0 Å². The molecule has 94 valence electrons. The standard InChI is InChI=1S/C13H13NO3S/c1-18(16,17)12-4-5-13(11(7-12)9-15)10-3-2-6-14-8-10/h2-8,15H,9H2,1H3. The summed E-state index contributed by atoms with van der Waals surface area (Å²) >= 11 is 0. The van der Waals surface area contributed by atoms with E-state index in [1.807, 2.05) is 6.07 Å². The van der Waals surface area contributed by atoms with Gasteiger partial charge in [-0.25, -0.2) is 8.42 Å². The Morgan fingerprint density at radius 3 is 2.61 bits per heavy atom. The smallest absolute Gasteiger partial charge is 0.175 e. The van der Waals surface area contributed by atoms with Crippen molar-refractivity contribution in [3.63, 3.8) is 0 Å². The number of aromatic nitrogens is 1. The Kier molecular flexibility index (Phi) is 3.45. The SMILES string of the molecule is CS(=O)(=O)c1ccc(-c2cccnc2)c(CO)c1. The first kappa shape index (κ1) is 12.7. The van der Waals surface area contributed by atoms with Crippen molar-refractivity contribution in [1.29, 1.82) is 0 Å². The normalized spacial score (nSPS) is 11.4. The summed E-state index contributed by atoms with van der Waals surface area (Å²) in [7, 11) is -3.26. The molecular formula is C13H13NO3S. The van der Waals surface area contributed by atoms with Gasteiger partial charge in [0.2, 0.25) is 0 Å². The second-order valence-electron chi connectivity index (χ2n) is 3.99. The first-order chi connectivity index (χ1) is 8.52. The third kappa shape index (κ3) is 2.57. The molecule has 0 amide bonds. The maximum Gasteiger partial charge on any atom is 0.175 e. The summed E-state index contributed by atoms with van der Waals surface area (Å²) in [6, 6.07) is 8.38. The number of pyridine rings is 1. The van der Waals surface area contributed by atoms with E-state index in [1.165, 1.54) is 12.1 Å². The highest BCUT2D eigenvalue weighted by Gasteiger charge is 2.11. The molecule has 1 N–H and O–H groups in total. The molecule has 0 aliphatic carbocycles. The minimum atomic E-state index is -3.26. The fourth-order valence-electron chi connectivity index (χ4n) is 1.74. The highest BCUT2D eigenvalue weighted by molar-refractivity contribution is 7.90. The van der Waals surface area contributed by atoms with Gasteiger partial charge in [-0.15, -0.1) is 0 Å². The average Bonchev–Trinajstić information content (AvgIpc) is 2.38. The van der Waals surface area contributed by atoms with E-state index in [0.717, 1.165) is 17.4 Å². The van der Waals surface area contributed by atoms with Gasteiger partial charge in [-0.05, 0) is 29.3 Å². The van der Waals surface area contributed by atoms with Crippen molar-refractivity contribution in [2.24, 2.45) is 0 Å². The van der Waals surface area contributed by atoms with Gasteiger partial charge in [0, 0.05) is 24.2 Å². The molecule has 1 aromatic carbocycles. The zero-order valence-electron chi connectivity index (χ0n) is 9.87. The lowest BCUT2D eigenvalue weighted by molar-refractivity contribution is 0.282. The zero-order chi connectivity index (χ0) is 13.2. The number of nitrogens with zero attached hydrogens (tertiary/aromatic N) is 1. The van der Waals surface area contributed by atoms with E-state index in [1.54, 1.807) is 24.5 Å². The van der Waals surface area contributed by atoms with Crippen molar-refractivity contribution < 1.29 is 13.5 Å². The Morgan fingerprint density at radius 1 is 1.28 bits per heavy atom. The van der Waals surface area contributed by atoms with Crippen LogP contribution in [0.4, 0.5) is 0 Å². The molecule has 0 unspecified atom stereocenters. The van der Waals surface area contributed by atoms with Crippen molar-refractivity contribution in [2.75, 3.05) is 6.26 Å². The molecule has 0 spiro atoms. The van der Waals surface area contributed by atoms with Crippen LogP contribution < -0.4 is 0 Å². The zero-order valence-corrected chi connectivity index (χ0v) is 10.7. The fraction of sp³-hybridized carbons (Fsp3) is 0.154. The molecule has 0 radical (unpaired) electrons. The van der Waals surface area contributed by atoms with Crippen LogP contribution in [-0.4, -0.2) is 24.8 Å². The van der Waals surface area contributed by atoms with Crippen molar-refractivity contribution in [2.45, 2.75) is 11.5 Å². The summed E-state index contributed by atoms with van der Waals surface area (Å²) in [6.07, 6.45) is 4.48. The number of benzene rings is 1. The van der Waals surface area contributed by atoms with Crippen molar-refractivity contribution in [3.05, 3.63) is 48.3 Å². The molecule has 0 aliphatic heterocycles. The van der Waals surface area contributed by atoms with Crippen molar-refractivity contribution in [3.8, 4) is 11.1 Å². The molecule has 2 rings (SSSR count). The molecule has 0 fully saturated rings. The Labute approximate surface area is 106 Å². The number of rotatable bonds is 3. The van der Waals surface area contributed by atoms with Crippen molar-refractivity contribution >= 4 is 9.84 Å². The van der Waals surface area contributed by atoms with Crippen LogP contribution in [0.25, 0.3) is 11.1 Å². The first-order valence-electron chi connectivity index (χ1n) is 5.36. The topological polar surface area (TPSA) is 67.3 Å². The summed E-state index contributed by atoms with van der Waals surface area (Å²) < 4.78 is 22.9. The highest BCUT2D eigenvalue weighted by Crippen LogP contribution is 2.25. The fourth-order valence-corrected chi connectivity index (χ4v) is 2.41. The predicted molar refractivity (Wildman–Crippen MR) is 68.7 cm³/mol. The van der Waals surface area contributed by atoms with E-state index >= 15 is 0 Å². The van der Waals surface area contributed by atoms with Gasteiger partial charge < -0.3 is 5.11 Å².